The van der Waals surface area contributed by atoms with Crippen LogP contribution in [0.5, 0.6) is 0 Å². The van der Waals surface area contributed by atoms with Crippen molar-refractivity contribution in [3.63, 3.8) is 0 Å². The van der Waals surface area contributed by atoms with E-state index in [-0.39, 0.29) is 14.6 Å². The van der Waals surface area contributed by atoms with E-state index in [1.165, 1.54) is 6.07 Å². The topological polar surface area (TPSA) is 46.2 Å². The van der Waals surface area contributed by atoms with Gasteiger partial charge in [0.1, 0.15) is 9.23 Å². The van der Waals surface area contributed by atoms with Crippen molar-refractivity contribution < 1.29 is 8.42 Å². The smallest absolute Gasteiger partial charge is 0.211 e. The third-order valence-electron chi connectivity index (χ3n) is 2.43. The second-order valence-electron chi connectivity index (χ2n) is 4.62. The molecule has 0 fully saturated rings. The van der Waals surface area contributed by atoms with Crippen LogP contribution in [0.2, 0.25) is 8.67 Å². The molecule has 0 spiro atoms. The minimum atomic E-state index is -3.59. The van der Waals surface area contributed by atoms with Crippen molar-refractivity contribution >= 4 is 60.5 Å². The number of sulfonamides is 1. The molecule has 0 amide bonds. The van der Waals surface area contributed by atoms with E-state index in [0.717, 1.165) is 23.1 Å². The highest BCUT2D eigenvalue weighted by molar-refractivity contribution is 9.09. The van der Waals surface area contributed by atoms with Crippen LogP contribution in [0.4, 0.5) is 0 Å². The Morgan fingerprint density at radius 1 is 1.44 bits per heavy atom. The SMILES string of the molecule is CC(C)(CCBr)CNS(=O)(=O)c1cc(Cl)sc1Cl. The Hall–Kier alpha value is 0.670. The standard InChI is InChI=1S/C10H14BrCl2NO2S2/c1-10(2,3-4-11)6-14-18(15,16)7-5-8(12)17-9(7)13/h5,14H,3-4,6H2,1-2H3. The molecule has 8 heteroatoms. The van der Waals surface area contributed by atoms with Gasteiger partial charge in [-0.05, 0) is 17.9 Å². The van der Waals surface area contributed by atoms with Gasteiger partial charge in [-0.15, -0.1) is 11.3 Å². The van der Waals surface area contributed by atoms with E-state index < -0.39 is 10.0 Å². The zero-order valence-corrected chi connectivity index (χ0v) is 14.7. The van der Waals surface area contributed by atoms with Gasteiger partial charge < -0.3 is 0 Å². The fraction of sp³-hybridized carbons (Fsp3) is 0.600. The Morgan fingerprint density at radius 2 is 2.06 bits per heavy atom. The Bertz CT molecular complexity index is 514. The fourth-order valence-corrected chi connectivity index (χ4v) is 5.68. The van der Waals surface area contributed by atoms with Crippen LogP contribution in [0, 0.1) is 5.41 Å². The molecule has 0 saturated heterocycles. The third kappa shape index (κ3) is 4.65. The molecule has 1 rings (SSSR count). The molecule has 0 bridgehead atoms. The molecule has 1 aromatic rings. The lowest BCUT2D eigenvalue weighted by Crippen LogP contribution is -2.34. The summed E-state index contributed by atoms with van der Waals surface area (Å²) in [5.74, 6) is 0. The van der Waals surface area contributed by atoms with Crippen molar-refractivity contribution in [2.24, 2.45) is 5.41 Å². The molecule has 3 nitrogen and oxygen atoms in total. The summed E-state index contributed by atoms with van der Waals surface area (Å²) in [6.07, 6.45) is 0.869. The van der Waals surface area contributed by atoms with Gasteiger partial charge in [-0.25, -0.2) is 13.1 Å². The molecular formula is C10H14BrCl2NO2S2. The first kappa shape index (κ1) is 16.7. The molecule has 0 saturated carbocycles. The van der Waals surface area contributed by atoms with Crippen molar-refractivity contribution in [2.45, 2.75) is 25.2 Å². The Labute approximate surface area is 130 Å². The first-order valence-corrected chi connectivity index (χ1v) is 9.36. The summed E-state index contributed by atoms with van der Waals surface area (Å²) >= 11 is 16.0. The zero-order valence-electron chi connectivity index (χ0n) is 9.97. The fourth-order valence-electron chi connectivity index (χ4n) is 1.22. The molecule has 0 atom stereocenters. The van der Waals surface area contributed by atoms with Crippen LogP contribution in [-0.4, -0.2) is 20.3 Å². The van der Waals surface area contributed by atoms with Gasteiger partial charge in [0, 0.05) is 11.9 Å². The number of thiophene rings is 1. The zero-order chi connectivity index (χ0) is 14.0. The summed E-state index contributed by atoms with van der Waals surface area (Å²) < 4.78 is 27.2. The van der Waals surface area contributed by atoms with Crippen molar-refractivity contribution in [2.75, 3.05) is 11.9 Å². The van der Waals surface area contributed by atoms with Crippen molar-refractivity contribution in [1.82, 2.24) is 4.72 Å². The Kier molecular flexibility index (Phi) is 5.96. The van der Waals surface area contributed by atoms with E-state index in [4.69, 9.17) is 23.2 Å². The normalized spacial score (nSPS) is 12.9. The first-order chi connectivity index (χ1) is 8.18. The van der Waals surface area contributed by atoms with Crippen molar-refractivity contribution in [3.8, 4) is 0 Å². The second kappa shape index (κ2) is 6.41. The molecule has 0 aliphatic rings. The van der Waals surface area contributed by atoms with Crippen LogP contribution in [0.1, 0.15) is 20.3 Å². The maximum Gasteiger partial charge on any atom is 0.242 e. The van der Waals surface area contributed by atoms with Crippen LogP contribution in [0.15, 0.2) is 11.0 Å². The van der Waals surface area contributed by atoms with Crippen LogP contribution < -0.4 is 4.72 Å². The van der Waals surface area contributed by atoms with Gasteiger partial charge in [0.25, 0.3) is 0 Å². The minimum absolute atomic E-state index is 0.0498. The van der Waals surface area contributed by atoms with Gasteiger partial charge in [-0.2, -0.15) is 0 Å². The molecule has 0 radical (unpaired) electrons. The van der Waals surface area contributed by atoms with Gasteiger partial charge in [0.05, 0.1) is 4.34 Å². The largest absolute Gasteiger partial charge is 0.242 e. The van der Waals surface area contributed by atoms with Crippen LogP contribution >= 0.6 is 50.5 Å². The second-order valence-corrected chi connectivity index (χ2v) is 9.43. The number of nitrogens with one attached hydrogen (secondary N) is 1. The van der Waals surface area contributed by atoms with E-state index >= 15 is 0 Å². The molecule has 1 N–H and O–H groups in total. The molecule has 1 heterocycles. The van der Waals surface area contributed by atoms with Gasteiger partial charge in [0.2, 0.25) is 10.0 Å². The van der Waals surface area contributed by atoms with Gasteiger partial charge in [-0.3, -0.25) is 0 Å². The molecular weight excluding hydrogens is 381 g/mol. The average Bonchev–Trinajstić information content (AvgIpc) is 2.56. The molecule has 18 heavy (non-hydrogen) atoms. The van der Waals surface area contributed by atoms with Crippen LogP contribution in [0.3, 0.4) is 0 Å². The lowest BCUT2D eigenvalue weighted by Gasteiger charge is -2.23. The quantitative estimate of drug-likeness (QED) is 0.736. The highest BCUT2D eigenvalue weighted by atomic mass is 79.9. The Morgan fingerprint density at radius 3 is 2.50 bits per heavy atom. The predicted molar refractivity (Wildman–Crippen MR) is 81.7 cm³/mol. The summed E-state index contributed by atoms with van der Waals surface area (Å²) in [6, 6.07) is 1.37. The van der Waals surface area contributed by atoms with E-state index in [1.54, 1.807) is 0 Å². The average molecular weight is 395 g/mol. The molecule has 0 unspecified atom stereocenters. The first-order valence-electron chi connectivity index (χ1n) is 5.18. The van der Waals surface area contributed by atoms with E-state index in [9.17, 15) is 8.42 Å². The third-order valence-corrected chi connectivity index (χ3v) is 5.98. The molecule has 104 valence electrons. The van der Waals surface area contributed by atoms with E-state index in [1.807, 2.05) is 13.8 Å². The number of halogens is 3. The lowest BCUT2D eigenvalue weighted by atomic mass is 9.91. The molecule has 0 aliphatic heterocycles. The van der Waals surface area contributed by atoms with Gasteiger partial charge >= 0.3 is 0 Å². The Balaban J connectivity index is 2.81. The van der Waals surface area contributed by atoms with E-state index in [2.05, 4.69) is 20.7 Å². The number of rotatable bonds is 6. The molecule has 0 aromatic carbocycles. The highest BCUT2D eigenvalue weighted by Gasteiger charge is 2.24. The predicted octanol–water partition coefficient (Wildman–Crippen LogP) is 4.14. The summed E-state index contributed by atoms with van der Waals surface area (Å²) in [7, 11) is -3.59. The van der Waals surface area contributed by atoms with Crippen molar-refractivity contribution in [3.05, 3.63) is 14.7 Å². The molecule has 0 aliphatic carbocycles. The van der Waals surface area contributed by atoms with Crippen LogP contribution in [-0.2, 0) is 10.0 Å². The monoisotopic (exact) mass is 393 g/mol. The lowest BCUT2D eigenvalue weighted by molar-refractivity contribution is 0.354. The maximum atomic E-state index is 12.1. The number of hydrogen-bond acceptors (Lipinski definition) is 3. The van der Waals surface area contributed by atoms with Crippen molar-refractivity contribution in [1.29, 1.82) is 0 Å². The summed E-state index contributed by atoms with van der Waals surface area (Å²) in [5.41, 5.74) is -0.122. The summed E-state index contributed by atoms with van der Waals surface area (Å²) in [5, 5.41) is 0.826. The molecule has 1 aromatic heterocycles. The summed E-state index contributed by atoms with van der Waals surface area (Å²) in [6.45, 7) is 4.35. The summed E-state index contributed by atoms with van der Waals surface area (Å²) in [4.78, 5) is 0.0498. The van der Waals surface area contributed by atoms with Gasteiger partial charge in [-0.1, -0.05) is 53.0 Å². The highest BCUT2D eigenvalue weighted by Crippen LogP contribution is 2.34. The van der Waals surface area contributed by atoms with E-state index in [0.29, 0.717) is 10.9 Å². The van der Waals surface area contributed by atoms with Crippen LogP contribution in [0.25, 0.3) is 0 Å². The minimum Gasteiger partial charge on any atom is -0.211 e. The van der Waals surface area contributed by atoms with Gasteiger partial charge in [0.15, 0.2) is 0 Å². The number of hydrogen-bond donors (Lipinski definition) is 1. The maximum absolute atomic E-state index is 12.1. The number of alkyl halides is 1.